The number of aryl methyl sites for hydroxylation is 1. The van der Waals surface area contributed by atoms with Crippen LogP contribution in [0.2, 0.25) is 0 Å². The van der Waals surface area contributed by atoms with Crippen LogP contribution in [0.1, 0.15) is 64.0 Å². The van der Waals surface area contributed by atoms with Crippen molar-refractivity contribution in [2.24, 2.45) is 0 Å². The lowest BCUT2D eigenvalue weighted by molar-refractivity contribution is -0.139. The fourth-order valence-electron chi connectivity index (χ4n) is 3.74. The highest BCUT2D eigenvalue weighted by Gasteiger charge is 2.52. The third-order valence-electron chi connectivity index (χ3n) is 5.52. The molecule has 1 aromatic rings. The van der Waals surface area contributed by atoms with Crippen LogP contribution < -0.4 is 10.7 Å². The molecule has 1 aliphatic heterocycles. The summed E-state index contributed by atoms with van der Waals surface area (Å²) in [6.45, 7) is 8.46. The summed E-state index contributed by atoms with van der Waals surface area (Å²) < 4.78 is 0. The number of benzene rings is 1. The van der Waals surface area contributed by atoms with Crippen LogP contribution in [0.15, 0.2) is 23.1 Å². The average Bonchev–Trinajstić information content (AvgIpc) is 2.84. The molecule has 0 unspecified atom stereocenters. The Morgan fingerprint density at radius 1 is 1.21 bits per heavy atom. The van der Waals surface area contributed by atoms with E-state index in [1.165, 1.54) is 17.3 Å². The van der Waals surface area contributed by atoms with E-state index < -0.39 is 11.6 Å². The van der Waals surface area contributed by atoms with Crippen LogP contribution in [0.5, 0.6) is 0 Å². The van der Waals surface area contributed by atoms with E-state index in [1.807, 2.05) is 6.92 Å². The summed E-state index contributed by atoms with van der Waals surface area (Å²) in [5.74, 6) is -0.554. The number of nitrogens with one attached hydrogen (secondary N) is 2. The van der Waals surface area contributed by atoms with Crippen molar-refractivity contribution in [3.05, 3.63) is 29.3 Å². The van der Waals surface area contributed by atoms with Crippen LogP contribution in [-0.4, -0.2) is 34.1 Å². The van der Waals surface area contributed by atoms with Gasteiger partial charge in [0.2, 0.25) is 5.91 Å². The van der Waals surface area contributed by atoms with Gasteiger partial charge >= 0.3 is 6.03 Å². The van der Waals surface area contributed by atoms with Gasteiger partial charge in [-0.15, -0.1) is 11.8 Å². The zero-order chi connectivity index (χ0) is 20.5. The van der Waals surface area contributed by atoms with Crippen molar-refractivity contribution in [3.8, 4) is 0 Å². The summed E-state index contributed by atoms with van der Waals surface area (Å²) in [4.78, 5) is 38.4. The molecule has 1 aromatic carbocycles. The number of hydrogen-bond donors (Lipinski definition) is 2. The third-order valence-corrected chi connectivity index (χ3v) is 6.68. The van der Waals surface area contributed by atoms with Crippen LogP contribution >= 0.6 is 11.8 Å². The molecular formula is C21H29N3O3S. The molecule has 1 spiro atoms. The number of hydrazine groups is 1. The molecule has 2 fully saturated rings. The van der Waals surface area contributed by atoms with E-state index in [2.05, 4.69) is 49.7 Å². The Labute approximate surface area is 170 Å². The molecule has 0 aromatic heterocycles. The van der Waals surface area contributed by atoms with E-state index in [-0.39, 0.29) is 23.0 Å². The van der Waals surface area contributed by atoms with Crippen molar-refractivity contribution in [3.63, 3.8) is 0 Å². The molecule has 4 amide bonds. The minimum atomic E-state index is -0.826. The number of hydrogen-bond acceptors (Lipinski definition) is 4. The topological polar surface area (TPSA) is 78.5 Å². The van der Waals surface area contributed by atoms with Gasteiger partial charge in [0, 0.05) is 4.90 Å². The second-order valence-electron chi connectivity index (χ2n) is 8.77. The summed E-state index contributed by atoms with van der Waals surface area (Å²) in [5, 5.41) is 3.67. The minimum absolute atomic E-state index is 0.0274. The highest BCUT2D eigenvalue weighted by atomic mass is 32.2. The normalized spacial score (nSPS) is 19.1. The Balaban J connectivity index is 1.62. The lowest BCUT2D eigenvalue weighted by Gasteiger charge is -2.30. The summed E-state index contributed by atoms with van der Waals surface area (Å²) >= 11 is 1.42. The first-order valence-corrected chi connectivity index (χ1v) is 10.8. The molecule has 2 N–H and O–H groups in total. The van der Waals surface area contributed by atoms with E-state index >= 15 is 0 Å². The molecule has 152 valence electrons. The molecule has 3 rings (SSSR count). The van der Waals surface area contributed by atoms with Gasteiger partial charge in [-0.3, -0.25) is 15.0 Å². The van der Waals surface area contributed by atoms with Gasteiger partial charge in [0.15, 0.2) is 0 Å². The van der Waals surface area contributed by atoms with E-state index in [0.717, 1.165) is 34.7 Å². The molecule has 2 aliphatic rings. The Morgan fingerprint density at radius 3 is 2.54 bits per heavy atom. The number of carbonyl (C=O) groups excluding carboxylic acids is 3. The van der Waals surface area contributed by atoms with Crippen molar-refractivity contribution in [2.75, 3.05) is 5.75 Å². The molecule has 0 bridgehead atoms. The first kappa shape index (κ1) is 20.7. The lowest BCUT2D eigenvalue weighted by atomic mass is 9.82. The molecule has 28 heavy (non-hydrogen) atoms. The number of nitrogens with zero attached hydrogens (tertiary/aromatic N) is 1. The van der Waals surface area contributed by atoms with Gasteiger partial charge in [-0.05, 0) is 42.4 Å². The number of amides is 4. The molecule has 6 nitrogen and oxygen atoms in total. The Hall–Kier alpha value is -2.02. The Kier molecular flexibility index (Phi) is 5.75. The number of thioether (sulfide) groups is 1. The van der Waals surface area contributed by atoms with Crippen molar-refractivity contribution in [1.29, 1.82) is 0 Å². The molecular weight excluding hydrogens is 374 g/mol. The van der Waals surface area contributed by atoms with Gasteiger partial charge in [0.05, 0.1) is 5.75 Å². The monoisotopic (exact) mass is 403 g/mol. The van der Waals surface area contributed by atoms with Crippen LogP contribution in [-0.2, 0) is 15.0 Å². The zero-order valence-electron chi connectivity index (χ0n) is 17.1. The molecule has 0 atom stereocenters. The van der Waals surface area contributed by atoms with E-state index in [0.29, 0.717) is 12.8 Å². The van der Waals surface area contributed by atoms with Crippen LogP contribution in [0.25, 0.3) is 0 Å². The molecule has 0 radical (unpaired) electrons. The first-order chi connectivity index (χ1) is 13.1. The number of carbonyl (C=O) groups is 3. The van der Waals surface area contributed by atoms with E-state index in [1.54, 1.807) is 0 Å². The van der Waals surface area contributed by atoms with Crippen molar-refractivity contribution in [1.82, 2.24) is 15.8 Å². The summed E-state index contributed by atoms with van der Waals surface area (Å²) in [5.41, 5.74) is 4.00. The lowest BCUT2D eigenvalue weighted by Crippen LogP contribution is -2.51. The fourth-order valence-corrected chi connectivity index (χ4v) is 4.60. The molecule has 1 heterocycles. The van der Waals surface area contributed by atoms with Crippen molar-refractivity contribution < 1.29 is 14.4 Å². The second kappa shape index (κ2) is 7.78. The fraction of sp³-hybridized carbons (Fsp3) is 0.571. The Morgan fingerprint density at radius 2 is 1.89 bits per heavy atom. The molecule has 1 saturated heterocycles. The third kappa shape index (κ3) is 4.19. The largest absolute Gasteiger partial charge is 0.344 e. The van der Waals surface area contributed by atoms with Gasteiger partial charge in [0.25, 0.3) is 5.91 Å². The highest BCUT2D eigenvalue weighted by molar-refractivity contribution is 8.00. The number of imide groups is 1. The van der Waals surface area contributed by atoms with Gasteiger partial charge in [-0.1, -0.05) is 52.2 Å². The summed E-state index contributed by atoms with van der Waals surface area (Å²) in [7, 11) is 0. The van der Waals surface area contributed by atoms with Gasteiger partial charge < -0.3 is 5.32 Å². The van der Waals surface area contributed by atoms with E-state index in [9.17, 15) is 14.4 Å². The van der Waals surface area contributed by atoms with Gasteiger partial charge in [0.1, 0.15) is 5.54 Å². The molecule has 1 aliphatic carbocycles. The smallest absolute Gasteiger partial charge is 0.322 e. The maximum absolute atomic E-state index is 12.7. The second-order valence-corrected chi connectivity index (χ2v) is 9.78. The highest BCUT2D eigenvalue weighted by Crippen LogP contribution is 2.33. The predicted octanol–water partition coefficient (Wildman–Crippen LogP) is 3.67. The maximum atomic E-state index is 12.7. The zero-order valence-corrected chi connectivity index (χ0v) is 17.9. The minimum Gasteiger partial charge on any atom is -0.322 e. The van der Waals surface area contributed by atoms with Crippen LogP contribution in [0.3, 0.4) is 0 Å². The number of urea groups is 1. The standard InChI is InChI=1S/C21H29N3O3S/c1-14-8-9-15(20(2,3)4)12-16(14)28-13-17(25)23-24-18(26)21(22-19(24)27)10-6-5-7-11-21/h8-9,12H,5-7,10-11,13H2,1-4H3,(H,22,27)(H,23,25). The Bertz CT molecular complexity index is 795. The predicted molar refractivity (Wildman–Crippen MR) is 110 cm³/mol. The van der Waals surface area contributed by atoms with Crippen LogP contribution in [0, 0.1) is 6.92 Å². The SMILES string of the molecule is Cc1ccc(C(C)(C)C)cc1SCC(=O)NN1C(=O)NC2(CCCCC2)C1=O. The maximum Gasteiger partial charge on any atom is 0.344 e. The first-order valence-electron chi connectivity index (χ1n) is 9.82. The van der Waals surface area contributed by atoms with Gasteiger partial charge in [-0.25, -0.2) is 4.79 Å². The van der Waals surface area contributed by atoms with Gasteiger partial charge in [-0.2, -0.15) is 5.01 Å². The molecule has 1 saturated carbocycles. The quantitative estimate of drug-likeness (QED) is 0.594. The van der Waals surface area contributed by atoms with Crippen molar-refractivity contribution >= 4 is 29.6 Å². The molecule has 7 heteroatoms. The van der Waals surface area contributed by atoms with Crippen LogP contribution in [0.4, 0.5) is 4.79 Å². The van der Waals surface area contributed by atoms with E-state index in [4.69, 9.17) is 0 Å². The summed E-state index contributed by atoms with van der Waals surface area (Å²) in [6.07, 6.45) is 4.16. The summed E-state index contributed by atoms with van der Waals surface area (Å²) in [6, 6.07) is 5.75. The number of rotatable bonds is 4. The average molecular weight is 404 g/mol. The van der Waals surface area contributed by atoms with Crippen molar-refractivity contribution in [2.45, 2.75) is 75.6 Å².